The molecular weight excluding hydrogens is 319 g/mol. The van der Waals surface area contributed by atoms with Gasteiger partial charge in [-0.25, -0.2) is 0 Å². The van der Waals surface area contributed by atoms with Gasteiger partial charge in [-0.15, -0.1) is 23.4 Å². The zero-order valence-corrected chi connectivity index (χ0v) is 12.6. The fourth-order valence-electron chi connectivity index (χ4n) is 1.75. The Labute approximate surface area is 129 Å². The van der Waals surface area contributed by atoms with Gasteiger partial charge in [0.25, 0.3) is 0 Å². The van der Waals surface area contributed by atoms with Gasteiger partial charge >= 0.3 is 6.36 Å². The second kappa shape index (κ2) is 6.57. The molecule has 120 valence electrons. The summed E-state index contributed by atoms with van der Waals surface area (Å²) in [5.41, 5.74) is 0.827. The highest BCUT2D eigenvalue weighted by molar-refractivity contribution is 7.99. The van der Waals surface area contributed by atoms with E-state index < -0.39 is 6.36 Å². The summed E-state index contributed by atoms with van der Waals surface area (Å²) in [5.74, 6) is 0.193. The summed E-state index contributed by atoms with van der Waals surface area (Å²) in [6.45, 7) is 1.69. The lowest BCUT2D eigenvalue weighted by Crippen LogP contribution is -2.17. The van der Waals surface area contributed by atoms with Crippen molar-refractivity contribution in [3.63, 3.8) is 0 Å². The van der Waals surface area contributed by atoms with Crippen molar-refractivity contribution in [2.75, 3.05) is 0 Å². The van der Waals surface area contributed by atoms with Gasteiger partial charge in [0.2, 0.25) is 0 Å². The Morgan fingerprint density at radius 1 is 1.27 bits per heavy atom. The van der Waals surface area contributed by atoms with Gasteiger partial charge in [0.15, 0.2) is 11.0 Å². The second-order valence-electron chi connectivity index (χ2n) is 4.49. The monoisotopic (exact) mass is 333 g/mol. The zero-order valence-electron chi connectivity index (χ0n) is 11.8. The van der Waals surface area contributed by atoms with E-state index in [2.05, 4.69) is 14.9 Å². The molecule has 1 N–H and O–H groups in total. The quantitative estimate of drug-likeness (QED) is 0.852. The Morgan fingerprint density at radius 2 is 1.91 bits per heavy atom. The molecule has 0 bridgehead atoms. The zero-order chi connectivity index (χ0) is 16.3. The number of benzene rings is 1. The first-order valence-corrected chi connectivity index (χ1v) is 7.19. The molecule has 0 aliphatic rings. The molecule has 0 radical (unpaired) electrons. The number of thioether (sulfide) groups is 1. The molecule has 0 spiro atoms. The summed E-state index contributed by atoms with van der Waals surface area (Å²) >= 11 is 1.39. The number of ether oxygens (including phenoxy) is 1. The minimum absolute atomic E-state index is 0.0469. The maximum atomic E-state index is 12.1. The van der Waals surface area contributed by atoms with E-state index >= 15 is 0 Å². The number of aliphatic hydroxyl groups excluding tert-OH is 1. The summed E-state index contributed by atoms with van der Waals surface area (Å²) in [5, 5.41) is 17.4. The number of nitrogens with zero attached hydrogens (tertiary/aromatic N) is 3. The van der Waals surface area contributed by atoms with Gasteiger partial charge in [0, 0.05) is 12.3 Å². The van der Waals surface area contributed by atoms with E-state index in [9.17, 15) is 13.2 Å². The van der Waals surface area contributed by atoms with Gasteiger partial charge in [-0.2, -0.15) is 0 Å². The van der Waals surface area contributed by atoms with Crippen LogP contribution < -0.4 is 4.74 Å². The molecule has 1 unspecified atom stereocenters. The molecule has 2 rings (SSSR count). The summed E-state index contributed by atoms with van der Waals surface area (Å²) in [6.07, 6.45) is -4.69. The molecule has 22 heavy (non-hydrogen) atoms. The summed E-state index contributed by atoms with van der Waals surface area (Å²) < 4.78 is 41.8. The first-order chi connectivity index (χ1) is 10.3. The predicted molar refractivity (Wildman–Crippen MR) is 74.3 cm³/mol. The van der Waals surface area contributed by atoms with E-state index in [0.717, 1.165) is 5.56 Å². The van der Waals surface area contributed by atoms with Crippen molar-refractivity contribution in [3.05, 3.63) is 35.7 Å². The minimum atomic E-state index is -4.69. The highest BCUT2D eigenvalue weighted by atomic mass is 32.2. The van der Waals surface area contributed by atoms with Crippen molar-refractivity contribution in [1.29, 1.82) is 0 Å². The van der Waals surface area contributed by atoms with Gasteiger partial charge in [-0.1, -0.05) is 23.9 Å². The highest BCUT2D eigenvalue weighted by Gasteiger charge is 2.31. The van der Waals surface area contributed by atoms with Gasteiger partial charge in [0.1, 0.15) is 12.4 Å². The molecule has 0 saturated heterocycles. The van der Waals surface area contributed by atoms with Crippen LogP contribution in [0.5, 0.6) is 5.75 Å². The van der Waals surface area contributed by atoms with E-state index in [4.69, 9.17) is 5.11 Å². The van der Waals surface area contributed by atoms with Crippen LogP contribution in [0.25, 0.3) is 0 Å². The molecule has 0 amide bonds. The highest BCUT2D eigenvalue weighted by Crippen LogP contribution is 2.34. The standard InChI is InChI=1S/C13H14F3N3O2S/c1-8(22-12-18-17-11(7-20)19(12)2)9-3-5-10(6-4-9)21-13(14,15)16/h3-6,8,20H,7H2,1-2H3. The van der Waals surface area contributed by atoms with Crippen LogP contribution in [0.1, 0.15) is 23.6 Å². The van der Waals surface area contributed by atoms with Crippen molar-refractivity contribution in [2.24, 2.45) is 7.05 Å². The van der Waals surface area contributed by atoms with Gasteiger partial charge < -0.3 is 14.4 Å². The lowest BCUT2D eigenvalue weighted by molar-refractivity contribution is -0.274. The van der Waals surface area contributed by atoms with Crippen LogP contribution >= 0.6 is 11.8 Å². The molecule has 0 aliphatic carbocycles. The maximum Gasteiger partial charge on any atom is 0.573 e. The normalized spacial score (nSPS) is 13.2. The first-order valence-electron chi connectivity index (χ1n) is 6.31. The Hall–Kier alpha value is -1.74. The van der Waals surface area contributed by atoms with Crippen LogP contribution in [0.2, 0.25) is 0 Å². The van der Waals surface area contributed by atoms with Gasteiger partial charge in [0.05, 0.1) is 0 Å². The number of aliphatic hydroxyl groups is 1. The molecule has 5 nitrogen and oxygen atoms in total. The van der Waals surface area contributed by atoms with E-state index in [0.29, 0.717) is 11.0 Å². The largest absolute Gasteiger partial charge is 0.573 e. The average Bonchev–Trinajstić information content (AvgIpc) is 2.78. The Kier molecular flexibility index (Phi) is 4.97. The topological polar surface area (TPSA) is 60.2 Å². The van der Waals surface area contributed by atoms with Crippen LogP contribution in [0, 0.1) is 0 Å². The number of halogens is 3. The minimum Gasteiger partial charge on any atom is -0.406 e. The van der Waals surface area contributed by atoms with E-state index in [1.807, 2.05) is 6.92 Å². The molecular formula is C13H14F3N3O2S. The number of alkyl halides is 3. The second-order valence-corrected chi connectivity index (χ2v) is 5.80. The Bertz CT molecular complexity index is 628. The molecule has 1 heterocycles. The average molecular weight is 333 g/mol. The summed E-state index contributed by atoms with van der Waals surface area (Å²) in [7, 11) is 1.74. The van der Waals surface area contributed by atoms with Crippen molar-refractivity contribution in [3.8, 4) is 5.75 Å². The molecule has 0 fully saturated rings. The third kappa shape index (κ3) is 4.14. The maximum absolute atomic E-state index is 12.1. The molecule has 1 atom stereocenters. The van der Waals surface area contributed by atoms with Crippen LogP contribution in [0.4, 0.5) is 13.2 Å². The third-order valence-electron chi connectivity index (χ3n) is 2.93. The van der Waals surface area contributed by atoms with E-state index in [-0.39, 0.29) is 17.6 Å². The molecule has 1 aromatic carbocycles. The van der Waals surface area contributed by atoms with Gasteiger partial charge in [-0.05, 0) is 24.6 Å². The fraction of sp³-hybridized carbons (Fsp3) is 0.385. The molecule has 1 aromatic heterocycles. The third-order valence-corrected chi connectivity index (χ3v) is 4.12. The van der Waals surface area contributed by atoms with Crippen molar-refractivity contribution in [2.45, 2.75) is 30.3 Å². The molecule has 9 heteroatoms. The first kappa shape index (κ1) is 16.6. The van der Waals surface area contributed by atoms with Crippen LogP contribution in [0.15, 0.2) is 29.4 Å². The predicted octanol–water partition coefficient (Wildman–Crippen LogP) is 3.06. The van der Waals surface area contributed by atoms with Crippen LogP contribution in [0.3, 0.4) is 0 Å². The Morgan fingerprint density at radius 3 is 2.41 bits per heavy atom. The van der Waals surface area contributed by atoms with E-state index in [1.165, 1.54) is 23.9 Å². The fourth-order valence-corrected chi connectivity index (χ4v) is 2.71. The smallest absolute Gasteiger partial charge is 0.406 e. The summed E-state index contributed by atoms with van der Waals surface area (Å²) in [6, 6.07) is 5.69. The lowest BCUT2D eigenvalue weighted by atomic mass is 10.2. The molecule has 0 saturated carbocycles. The van der Waals surface area contributed by atoms with Crippen LogP contribution in [-0.2, 0) is 13.7 Å². The summed E-state index contributed by atoms with van der Waals surface area (Å²) in [4.78, 5) is 0. The van der Waals surface area contributed by atoms with Crippen molar-refractivity contribution in [1.82, 2.24) is 14.8 Å². The molecule has 2 aromatic rings. The number of aromatic nitrogens is 3. The number of hydrogen-bond donors (Lipinski definition) is 1. The van der Waals surface area contributed by atoms with Gasteiger partial charge in [-0.3, -0.25) is 0 Å². The Balaban J connectivity index is 2.06. The number of hydrogen-bond acceptors (Lipinski definition) is 5. The van der Waals surface area contributed by atoms with Crippen molar-refractivity contribution >= 4 is 11.8 Å². The van der Waals surface area contributed by atoms with Crippen LogP contribution in [-0.4, -0.2) is 26.2 Å². The van der Waals surface area contributed by atoms with Crippen molar-refractivity contribution < 1.29 is 23.0 Å². The SMILES string of the molecule is CC(Sc1nnc(CO)n1C)c1ccc(OC(F)(F)F)cc1. The molecule has 0 aliphatic heterocycles. The van der Waals surface area contributed by atoms with E-state index in [1.54, 1.807) is 23.7 Å². The number of rotatable bonds is 5. The lowest BCUT2D eigenvalue weighted by Gasteiger charge is -2.13.